The van der Waals surface area contributed by atoms with Crippen LogP contribution in [0, 0.1) is 11.8 Å². The van der Waals surface area contributed by atoms with Gasteiger partial charge in [0, 0.05) is 24.6 Å². The van der Waals surface area contributed by atoms with Crippen LogP contribution in [0.4, 0.5) is 11.1 Å². The number of nitrogens with two attached hydrogens (primary N) is 1. The third-order valence-electron chi connectivity index (χ3n) is 3.05. The maximum absolute atomic E-state index is 5.57. The molecule has 0 spiro atoms. The summed E-state index contributed by atoms with van der Waals surface area (Å²) in [6, 6.07) is 0. The molecule has 82 valence electrons. The van der Waals surface area contributed by atoms with Gasteiger partial charge in [-0.2, -0.15) is 9.36 Å². The summed E-state index contributed by atoms with van der Waals surface area (Å²) in [5.41, 5.74) is 5.57. The first-order valence-corrected chi connectivity index (χ1v) is 6.43. The van der Waals surface area contributed by atoms with Crippen molar-refractivity contribution >= 4 is 22.6 Å². The van der Waals surface area contributed by atoms with Crippen molar-refractivity contribution < 1.29 is 0 Å². The molecular weight excluding hydrogens is 208 g/mol. The van der Waals surface area contributed by atoms with Crippen LogP contribution in [-0.4, -0.2) is 22.4 Å². The molecule has 1 aromatic rings. The Kier molecular flexibility index (Phi) is 2.27. The largest absolute Gasteiger partial charge is 0.367 e. The first-order valence-electron chi connectivity index (χ1n) is 5.65. The summed E-state index contributed by atoms with van der Waals surface area (Å²) < 4.78 is 4.06. The number of hydrogen-bond donors (Lipinski definition) is 1. The van der Waals surface area contributed by atoms with Gasteiger partial charge < -0.3 is 10.6 Å². The van der Waals surface area contributed by atoms with Crippen molar-refractivity contribution in [2.24, 2.45) is 11.8 Å². The van der Waals surface area contributed by atoms with Crippen molar-refractivity contribution in [2.75, 3.05) is 23.7 Å². The number of aromatic nitrogens is 2. The Morgan fingerprint density at radius 2 is 1.80 bits per heavy atom. The molecule has 0 aliphatic heterocycles. The summed E-state index contributed by atoms with van der Waals surface area (Å²) in [5.74, 6) is 2.22. The van der Waals surface area contributed by atoms with Gasteiger partial charge in [0.1, 0.15) is 0 Å². The van der Waals surface area contributed by atoms with Crippen LogP contribution in [0.25, 0.3) is 0 Å². The molecule has 0 aromatic carbocycles. The Morgan fingerprint density at radius 3 is 2.20 bits per heavy atom. The summed E-state index contributed by atoms with van der Waals surface area (Å²) in [6.45, 7) is 2.32. The average Bonchev–Trinajstić information content (AvgIpc) is 3.11. The second kappa shape index (κ2) is 3.63. The monoisotopic (exact) mass is 224 g/mol. The Hall–Kier alpha value is -0.840. The van der Waals surface area contributed by atoms with Crippen molar-refractivity contribution in [3.8, 4) is 0 Å². The van der Waals surface area contributed by atoms with Crippen LogP contribution in [0.3, 0.4) is 0 Å². The van der Waals surface area contributed by atoms with Crippen LogP contribution in [0.5, 0.6) is 0 Å². The van der Waals surface area contributed by atoms with Gasteiger partial charge in [-0.05, 0) is 37.5 Å². The minimum Gasteiger partial charge on any atom is -0.367 e. The van der Waals surface area contributed by atoms with Crippen LogP contribution in [0.1, 0.15) is 25.7 Å². The van der Waals surface area contributed by atoms with Gasteiger partial charge in [0.25, 0.3) is 0 Å². The molecule has 15 heavy (non-hydrogen) atoms. The Morgan fingerprint density at radius 1 is 1.20 bits per heavy atom. The highest BCUT2D eigenvalue weighted by Gasteiger charge is 2.30. The minimum atomic E-state index is 0.423. The van der Waals surface area contributed by atoms with Gasteiger partial charge >= 0.3 is 0 Å². The smallest absolute Gasteiger partial charge is 0.233 e. The van der Waals surface area contributed by atoms with Crippen molar-refractivity contribution in [3.63, 3.8) is 0 Å². The van der Waals surface area contributed by atoms with E-state index in [1.807, 2.05) is 0 Å². The standard InChI is InChI=1S/C10H16N4S/c11-9-12-10(15-13-9)14(5-7-1-2-7)6-8-3-4-8/h7-8H,1-6H2,(H2,11,13). The quantitative estimate of drug-likeness (QED) is 0.828. The fourth-order valence-electron chi connectivity index (χ4n) is 1.81. The SMILES string of the molecule is Nc1nsc(N(CC2CC2)CC2CC2)n1. The predicted octanol–water partition coefficient (Wildman–Crippen LogP) is 1.75. The molecule has 1 heterocycles. The molecule has 4 nitrogen and oxygen atoms in total. The molecule has 0 radical (unpaired) electrons. The van der Waals surface area contributed by atoms with Crippen molar-refractivity contribution in [1.82, 2.24) is 9.36 Å². The van der Waals surface area contributed by atoms with Gasteiger partial charge in [-0.25, -0.2) is 0 Å². The molecule has 2 fully saturated rings. The van der Waals surface area contributed by atoms with E-state index in [4.69, 9.17) is 5.73 Å². The lowest BCUT2D eigenvalue weighted by Gasteiger charge is -2.20. The van der Waals surface area contributed by atoms with E-state index in [9.17, 15) is 0 Å². The van der Waals surface area contributed by atoms with Gasteiger partial charge in [-0.15, -0.1) is 0 Å². The predicted molar refractivity (Wildman–Crippen MR) is 62.0 cm³/mol. The molecule has 1 aromatic heterocycles. The van der Waals surface area contributed by atoms with E-state index >= 15 is 0 Å². The van der Waals surface area contributed by atoms with E-state index in [1.54, 1.807) is 0 Å². The second-order valence-corrected chi connectivity index (χ2v) is 5.46. The zero-order valence-electron chi connectivity index (χ0n) is 8.72. The summed E-state index contributed by atoms with van der Waals surface area (Å²) in [7, 11) is 0. The number of nitrogens with zero attached hydrogens (tertiary/aromatic N) is 3. The zero-order chi connectivity index (χ0) is 10.3. The highest BCUT2D eigenvalue weighted by Crippen LogP contribution is 2.36. The third-order valence-corrected chi connectivity index (χ3v) is 3.84. The topological polar surface area (TPSA) is 55.0 Å². The van der Waals surface area contributed by atoms with E-state index in [0.29, 0.717) is 5.95 Å². The van der Waals surface area contributed by atoms with E-state index in [1.165, 1.54) is 37.2 Å². The van der Waals surface area contributed by atoms with Crippen molar-refractivity contribution in [2.45, 2.75) is 25.7 Å². The number of rotatable bonds is 5. The van der Waals surface area contributed by atoms with Crippen molar-refractivity contribution in [3.05, 3.63) is 0 Å². The lowest BCUT2D eigenvalue weighted by atomic mass is 10.3. The summed E-state index contributed by atoms with van der Waals surface area (Å²) in [4.78, 5) is 6.68. The molecule has 2 N–H and O–H groups in total. The molecule has 0 unspecified atom stereocenters. The third kappa shape index (κ3) is 2.40. The van der Waals surface area contributed by atoms with Gasteiger partial charge in [-0.3, -0.25) is 0 Å². The van der Waals surface area contributed by atoms with Gasteiger partial charge in [0.2, 0.25) is 11.1 Å². The lowest BCUT2D eigenvalue weighted by molar-refractivity contribution is 0.678. The maximum atomic E-state index is 5.57. The molecule has 2 aliphatic rings. The molecule has 2 saturated carbocycles. The maximum Gasteiger partial charge on any atom is 0.233 e. The van der Waals surface area contributed by atoms with Gasteiger partial charge in [0.15, 0.2) is 0 Å². The van der Waals surface area contributed by atoms with E-state index in [2.05, 4.69) is 14.3 Å². The van der Waals surface area contributed by atoms with Gasteiger partial charge in [0.05, 0.1) is 0 Å². The summed E-state index contributed by atoms with van der Waals surface area (Å²) >= 11 is 1.44. The molecule has 0 atom stereocenters. The van der Waals surface area contributed by atoms with Crippen LogP contribution >= 0.6 is 11.5 Å². The Bertz CT molecular complexity index is 329. The van der Waals surface area contributed by atoms with Crippen LogP contribution in [0.15, 0.2) is 0 Å². The zero-order valence-corrected chi connectivity index (χ0v) is 9.54. The van der Waals surface area contributed by atoms with Gasteiger partial charge in [-0.1, -0.05) is 0 Å². The normalized spacial score (nSPS) is 20.5. The van der Waals surface area contributed by atoms with Crippen LogP contribution in [-0.2, 0) is 0 Å². The molecule has 0 saturated heterocycles. The number of hydrogen-bond acceptors (Lipinski definition) is 5. The minimum absolute atomic E-state index is 0.423. The fourth-order valence-corrected chi connectivity index (χ4v) is 2.42. The molecule has 0 amide bonds. The first-order chi connectivity index (χ1) is 7.31. The molecular formula is C10H16N4S. The first kappa shape index (κ1) is 9.39. The molecule has 2 aliphatic carbocycles. The van der Waals surface area contributed by atoms with Crippen LogP contribution in [0.2, 0.25) is 0 Å². The molecule has 3 rings (SSSR count). The molecule has 5 heteroatoms. The fraction of sp³-hybridized carbons (Fsp3) is 0.800. The highest BCUT2D eigenvalue weighted by molar-refractivity contribution is 7.09. The average molecular weight is 224 g/mol. The molecule has 0 bridgehead atoms. The second-order valence-electron chi connectivity index (χ2n) is 4.73. The summed E-state index contributed by atoms with van der Waals surface area (Å²) in [6.07, 6.45) is 5.54. The van der Waals surface area contributed by atoms with Crippen molar-refractivity contribution in [1.29, 1.82) is 0 Å². The lowest BCUT2D eigenvalue weighted by Crippen LogP contribution is -2.27. The number of nitrogen functional groups attached to an aromatic ring is 1. The highest BCUT2D eigenvalue weighted by atomic mass is 32.1. The van der Waals surface area contributed by atoms with E-state index < -0.39 is 0 Å². The van der Waals surface area contributed by atoms with E-state index in [-0.39, 0.29) is 0 Å². The van der Waals surface area contributed by atoms with Crippen LogP contribution < -0.4 is 10.6 Å². The van der Waals surface area contributed by atoms with E-state index in [0.717, 1.165) is 30.1 Å². The Labute approximate surface area is 93.7 Å². The summed E-state index contributed by atoms with van der Waals surface area (Å²) in [5, 5.41) is 1.02. The number of anilines is 2. The Balaban J connectivity index is 1.68.